The molecule has 0 aliphatic heterocycles. The van der Waals surface area contributed by atoms with Crippen LogP contribution in [0.4, 0.5) is 0 Å². The first kappa shape index (κ1) is 14.5. The number of aliphatic hydroxyl groups excluding tert-OH is 1. The molecule has 18 heavy (non-hydrogen) atoms. The summed E-state index contributed by atoms with van der Waals surface area (Å²) >= 11 is 0. The molecule has 0 saturated heterocycles. The normalized spacial score (nSPS) is 10.1. The van der Waals surface area contributed by atoms with Gasteiger partial charge in [0.05, 0.1) is 19.2 Å². The standard InChI is InChI=1S/C14H21NO3/c1-3-10-18-14-12(11-15-8-5-9-16)6-4-7-13(14)17-2/h3-4,6-7,15-16H,1,5,8-11H2,2H3/p+1. The van der Waals surface area contributed by atoms with Crippen LogP contribution in [0.2, 0.25) is 0 Å². The molecular formula is C14H22NO3+. The second kappa shape index (κ2) is 8.55. The van der Waals surface area contributed by atoms with Gasteiger partial charge in [-0.2, -0.15) is 0 Å². The molecule has 0 radical (unpaired) electrons. The molecule has 1 aromatic carbocycles. The molecule has 0 atom stereocenters. The van der Waals surface area contributed by atoms with Gasteiger partial charge in [-0.3, -0.25) is 0 Å². The van der Waals surface area contributed by atoms with Gasteiger partial charge < -0.3 is 19.9 Å². The Hall–Kier alpha value is -1.52. The largest absolute Gasteiger partial charge is 0.493 e. The Morgan fingerprint density at radius 3 is 2.94 bits per heavy atom. The highest BCUT2D eigenvalue weighted by molar-refractivity contribution is 5.46. The minimum absolute atomic E-state index is 0.231. The van der Waals surface area contributed by atoms with Gasteiger partial charge in [-0.15, -0.1) is 0 Å². The van der Waals surface area contributed by atoms with Crippen molar-refractivity contribution in [1.29, 1.82) is 0 Å². The Labute approximate surface area is 108 Å². The lowest BCUT2D eigenvalue weighted by Crippen LogP contribution is -2.82. The molecule has 4 heteroatoms. The van der Waals surface area contributed by atoms with Crippen LogP contribution in [0, 0.1) is 0 Å². The summed E-state index contributed by atoms with van der Waals surface area (Å²) in [5.41, 5.74) is 1.09. The molecular weight excluding hydrogens is 230 g/mol. The second-order valence-electron chi connectivity index (χ2n) is 3.91. The minimum atomic E-state index is 0.231. The lowest BCUT2D eigenvalue weighted by atomic mass is 10.2. The van der Waals surface area contributed by atoms with E-state index in [0.717, 1.165) is 36.6 Å². The van der Waals surface area contributed by atoms with E-state index in [9.17, 15) is 0 Å². The number of hydrogen-bond donors (Lipinski definition) is 2. The Morgan fingerprint density at radius 1 is 1.44 bits per heavy atom. The predicted molar refractivity (Wildman–Crippen MR) is 70.9 cm³/mol. The quantitative estimate of drug-likeness (QED) is 0.502. The number of benzene rings is 1. The maximum absolute atomic E-state index is 8.74. The Kier molecular flexibility index (Phi) is 6.91. The van der Waals surface area contributed by atoms with Crippen molar-refractivity contribution in [3.8, 4) is 11.5 Å². The molecule has 0 aliphatic carbocycles. The third-order valence-corrected chi connectivity index (χ3v) is 2.56. The highest BCUT2D eigenvalue weighted by Crippen LogP contribution is 2.30. The summed E-state index contributed by atoms with van der Waals surface area (Å²) in [6.45, 7) is 6.05. The highest BCUT2D eigenvalue weighted by Gasteiger charge is 2.11. The number of rotatable bonds is 9. The van der Waals surface area contributed by atoms with E-state index >= 15 is 0 Å². The third kappa shape index (κ3) is 4.39. The summed E-state index contributed by atoms with van der Waals surface area (Å²) in [4.78, 5) is 0. The molecule has 0 amide bonds. The SMILES string of the molecule is C=CCOc1c(C[NH2+]CCCO)cccc1OC. The fourth-order valence-corrected chi connectivity index (χ4v) is 1.68. The van der Waals surface area contributed by atoms with Crippen molar-refractivity contribution in [2.24, 2.45) is 0 Å². The Balaban J connectivity index is 2.71. The van der Waals surface area contributed by atoms with Gasteiger partial charge in [0.2, 0.25) is 0 Å². The minimum Gasteiger partial charge on any atom is -0.493 e. The molecule has 1 aromatic rings. The van der Waals surface area contributed by atoms with Crippen LogP contribution in [0.3, 0.4) is 0 Å². The lowest BCUT2D eigenvalue weighted by Gasteiger charge is -2.13. The van der Waals surface area contributed by atoms with E-state index in [1.54, 1.807) is 13.2 Å². The van der Waals surface area contributed by atoms with Crippen LogP contribution in [-0.2, 0) is 6.54 Å². The van der Waals surface area contributed by atoms with Crippen LogP contribution in [0.1, 0.15) is 12.0 Å². The summed E-state index contributed by atoms with van der Waals surface area (Å²) in [6.07, 6.45) is 2.51. The smallest absolute Gasteiger partial charge is 0.170 e. The summed E-state index contributed by atoms with van der Waals surface area (Å²) in [7, 11) is 1.63. The van der Waals surface area contributed by atoms with Crippen LogP contribution in [0.5, 0.6) is 11.5 Å². The first-order valence-electron chi connectivity index (χ1n) is 6.15. The van der Waals surface area contributed by atoms with Crippen LogP contribution in [0.25, 0.3) is 0 Å². The number of aliphatic hydroxyl groups is 1. The zero-order valence-corrected chi connectivity index (χ0v) is 10.9. The van der Waals surface area contributed by atoms with Crippen molar-refractivity contribution in [3.63, 3.8) is 0 Å². The van der Waals surface area contributed by atoms with Gasteiger partial charge in [-0.1, -0.05) is 18.7 Å². The zero-order chi connectivity index (χ0) is 13.2. The molecule has 3 N–H and O–H groups in total. The van der Waals surface area contributed by atoms with Crippen LogP contribution >= 0.6 is 0 Å². The molecule has 0 unspecified atom stereocenters. The molecule has 0 saturated carbocycles. The third-order valence-electron chi connectivity index (χ3n) is 2.56. The topological polar surface area (TPSA) is 55.3 Å². The summed E-state index contributed by atoms with van der Waals surface area (Å²) in [5, 5.41) is 10.9. The second-order valence-corrected chi connectivity index (χ2v) is 3.91. The molecule has 0 fully saturated rings. The molecule has 0 heterocycles. The fourth-order valence-electron chi connectivity index (χ4n) is 1.68. The highest BCUT2D eigenvalue weighted by atomic mass is 16.5. The number of nitrogens with two attached hydrogens (primary N) is 1. The van der Waals surface area contributed by atoms with E-state index in [1.165, 1.54) is 0 Å². The Bertz CT molecular complexity index is 366. The summed E-state index contributed by atoms with van der Waals surface area (Å²) in [5.74, 6) is 1.52. The average molecular weight is 252 g/mol. The molecule has 1 rings (SSSR count). The van der Waals surface area contributed by atoms with Gasteiger partial charge in [-0.25, -0.2) is 0 Å². The van der Waals surface area contributed by atoms with E-state index < -0.39 is 0 Å². The first-order chi connectivity index (χ1) is 8.83. The molecule has 0 aliphatic rings. The van der Waals surface area contributed by atoms with E-state index in [-0.39, 0.29) is 6.61 Å². The van der Waals surface area contributed by atoms with Crippen molar-refractivity contribution in [2.45, 2.75) is 13.0 Å². The average Bonchev–Trinajstić information content (AvgIpc) is 2.41. The van der Waals surface area contributed by atoms with Crippen molar-refractivity contribution in [2.75, 3.05) is 26.9 Å². The number of ether oxygens (including phenoxy) is 2. The van der Waals surface area contributed by atoms with E-state index in [1.807, 2.05) is 18.2 Å². The van der Waals surface area contributed by atoms with Gasteiger partial charge in [0, 0.05) is 13.0 Å². The van der Waals surface area contributed by atoms with Gasteiger partial charge in [-0.05, 0) is 12.1 Å². The molecule has 0 aromatic heterocycles. The van der Waals surface area contributed by atoms with Crippen LogP contribution in [0.15, 0.2) is 30.9 Å². The van der Waals surface area contributed by atoms with Gasteiger partial charge in [0.25, 0.3) is 0 Å². The molecule has 4 nitrogen and oxygen atoms in total. The van der Waals surface area contributed by atoms with Crippen LogP contribution < -0.4 is 14.8 Å². The fraction of sp³-hybridized carbons (Fsp3) is 0.429. The number of methoxy groups -OCH3 is 1. The van der Waals surface area contributed by atoms with Crippen molar-refractivity contribution in [1.82, 2.24) is 0 Å². The van der Waals surface area contributed by atoms with E-state index in [4.69, 9.17) is 14.6 Å². The number of para-hydroxylation sites is 1. The summed E-state index contributed by atoms with van der Waals surface area (Å²) in [6, 6.07) is 5.86. The van der Waals surface area contributed by atoms with E-state index in [0.29, 0.717) is 6.61 Å². The zero-order valence-electron chi connectivity index (χ0n) is 10.9. The molecule has 100 valence electrons. The van der Waals surface area contributed by atoms with Crippen molar-refractivity contribution < 1.29 is 19.9 Å². The van der Waals surface area contributed by atoms with E-state index in [2.05, 4.69) is 11.9 Å². The number of hydrogen-bond acceptors (Lipinski definition) is 3. The monoisotopic (exact) mass is 252 g/mol. The van der Waals surface area contributed by atoms with Gasteiger partial charge in [0.1, 0.15) is 13.2 Å². The van der Waals surface area contributed by atoms with Crippen molar-refractivity contribution in [3.05, 3.63) is 36.4 Å². The number of quaternary nitrogens is 1. The first-order valence-corrected chi connectivity index (χ1v) is 6.15. The maximum atomic E-state index is 8.74. The van der Waals surface area contributed by atoms with Gasteiger partial charge in [0.15, 0.2) is 11.5 Å². The predicted octanol–water partition coefficient (Wildman–Crippen LogP) is 0.706. The van der Waals surface area contributed by atoms with Crippen LogP contribution in [-0.4, -0.2) is 32.0 Å². The Morgan fingerprint density at radius 2 is 2.28 bits per heavy atom. The maximum Gasteiger partial charge on any atom is 0.170 e. The van der Waals surface area contributed by atoms with Gasteiger partial charge >= 0.3 is 0 Å². The lowest BCUT2D eigenvalue weighted by molar-refractivity contribution is -0.671. The molecule has 0 bridgehead atoms. The summed E-state index contributed by atoms with van der Waals surface area (Å²) < 4.78 is 11.0. The van der Waals surface area contributed by atoms with Crippen molar-refractivity contribution >= 4 is 0 Å². The molecule has 0 spiro atoms.